The first-order valence-electron chi connectivity index (χ1n) is 5.63. The van der Waals surface area contributed by atoms with Crippen LogP contribution in [0.3, 0.4) is 0 Å². The molecule has 5 nitrogen and oxygen atoms in total. The van der Waals surface area contributed by atoms with Crippen molar-refractivity contribution in [2.24, 2.45) is 9.98 Å². The van der Waals surface area contributed by atoms with Crippen LogP contribution in [-0.4, -0.2) is 41.0 Å². The summed E-state index contributed by atoms with van der Waals surface area (Å²) in [5.74, 6) is -14.7. The third-order valence-electron chi connectivity index (χ3n) is 2.81. The number of aliphatic carboxylic acids is 1. The molecular weight excluding hydrogens is 294 g/mol. The minimum Gasteiger partial charge on any atom is -0.477 e. The van der Waals surface area contributed by atoms with Gasteiger partial charge in [-0.25, -0.2) is 9.79 Å². The molecule has 0 aromatic heterocycles. The van der Waals surface area contributed by atoms with Crippen molar-refractivity contribution >= 4 is 23.2 Å². The van der Waals surface area contributed by atoms with Crippen molar-refractivity contribution in [2.45, 2.75) is 11.8 Å². The summed E-state index contributed by atoms with van der Waals surface area (Å²) in [6.07, 6.45) is 0. The zero-order valence-corrected chi connectivity index (χ0v) is 10.4. The van der Waals surface area contributed by atoms with Gasteiger partial charge in [-0.3, -0.25) is 4.99 Å². The van der Waals surface area contributed by atoms with Crippen molar-refractivity contribution < 1.29 is 27.5 Å². The maximum Gasteiger partial charge on any atom is 0.411 e. The van der Waals surface area contributed by atoms with Gasteiger partial charge in [-0.1, -0.05) is 12.1 Å². The third-order valence-corrected chi connectivity index (χ3v) is 2.81. The number of nitrogens with zero attached hydrogens (tertiary/aromatic N) is 2. The van der Waals surface area contributed by atoms with Gasteiger partial charge in [0.15, 0.2) is 0 Å². The van der Waals surface area contributed by atoms with E-state index in [9.17, 15) is 22.4 Å². The zero-order valence-electron chi connectivity index (χ0n) is 10.4. The number of amidine groups is 1. The van der Waals surface area contributed by atoms with Gasteiger partial charge in [0.25, 0.3) is 0 Å². The molecule has 0 saturated carbocycles. The van der Waals surface area contributed by atoms with Crippen molar-refractivity contribution in [1.29, 1.82) is 0 Å². The Bertz CT molecular complexity index is 638. The van der Waals surface area contributed by atoms with Gasteiger partial charge >= 0.3 is 17.8 Å². The number of aliphatic imine (C=N–C) groups is 2. The summed E-state index contributed by atoms with van der Waals surface area (Å²) in [4.78, 5) is 16.8. The Kier molecular flexibility index (Phi) is 3.44. The number of halogens is 4. The minimum atomic E-state index is -5.29. The summed E-state index contributed by atoms with van der Waals surface area (Å²) in [7, 11) is 0. The molecule has 3 N–H and O–H groups in total. The van der Waals surface area contributed by atoms with E-state index >= 15 is 0 Å². The quantitative estimate of drug-likeness (QED) is 0.657. The Balaban J connectivity index is 2.31. The predicted octanol–water partition coefficient (Wildman–Crippen LogP) is 1.83. The minimum absolute atomic E-state index is 0.0332. The Morgan fingerprint density at radius 3 is 2.29 bits per heavy atom. The number of carbonyl (C=O) groups is 1. The highest BCUT2D eigenvalue weighted by Crippen LogP contribution is 2.37. The molecule has 9 heteroatoms. The summed E-state index contributed by atoms with van der Waals surface area (Å²) in [6.45, 7) is -0.343. The first-order valence-corrected chi connectivity index (χ1v) is 5.63. The van der Waals surface area contributed by atoms with Crippen LogP contribution < -0.4 is 5.73 Å². The molecule has 0 atom stereocenters. The van der Waals surface area contributed by atoms with Gasteiger partial charge in [0.05, 0.1) is 12.3 Å². The lowest BCUT2D eigenvalue weighted by Crippen LogP contribution is -2.51. The molecule has 2 rings (SSSR count). The number of hydrogen-bond donors (Lipinski definition) is 2. The van der Waals surface area contributed by atoms with Gasteiger partial charge in [-0.15, -0.1) is 0 Å². The molecule has 0 aliphatic carbocycles. The van der Waals surface area contributed by atoms with Crippen LogP contribution in [0.2, 0.25) is 0 Å². The molecule has 112 valence electrons. The first-order chi connectivity index (χ1) is 9.66. The Morgan fingerprint density at radius 2 is 1.76 bits per heavy atom. The largest absolute Gasteiger partial charge is 0.477 e. The number of rotatable bonds is 4. The first kappa shape index (κ1) is 14.9. The van der Waals surface area contributed by atoms with Gasteiger partial charge in [-0.05, 0) is 17.7 Å². The van der Waals surface area contributed by atoms with E-state index in [-0.39, 0.29) is 12.3 Å². The van der Waals surface area contributed by atoms with Gasteiger partial charge in [0.1, 0.15) is 0 Å². The molecule has 1 heterocycles. The molecule has 1 aromatic carbocycles. The molecule has 1 aromatic rings. The Hall–Kier alpha value is -2.45. The summed E-state index contributed by atoms with van der Waals surface area (Å²) in [6, 6.07) is 5.92. The lowest BCUT2D eigenvalue weighted by atomic mass is 10.1. The normalized spacial score (nSPS) is 15.6. The highest BCUT2D eigenvalue weighted by atomic mass is 19.3. The van der Waals surface area contributed by atoms with Crippen molar-refractivity contribution in [3.05, 3.63) is 29.8 Å². The maximum absolute atomic E-state index is 13.5. The van der Waals surface area contributed by atoms with E-state index in [1.54, 1.807) is 0 Å². The van der Waals surface area contributed by atoms with Crippen LogP contribution >= 0.6 is 0 Å². The summed E-state index contributed by atoms with van der Waals surface area (Å²) >= 11 is 0. The van der Waals surface area contributed by atoms with Crippen molar-refractivity contribution in [1.82, 2.24) is 0 Å². The molecule has 1 aliphatic heterocycles. The smallest absolute Gasteiger partial charge is 0.411 e. The fourth-order valence-corrected chi connectivity index (χ4v) is 1.62. The van der Waals surface area contributed by atoms with Crippen LogP contribution in [0.1, 0.15) is 5.56 Å². The maximum atomic E-state index is 13.5. The van der Waals surface area contributed by atoms with Crippen LogP contribution in [0, 0.1) is 0 Å². The van der Waals surface area contributed by atoms with E-state index in [1.807, 2.05) is 0 Å². The van der Waals surface area contributed by atoms with Gasteiger partial charge in [-0.2, -0.15) is 17.6 Å². The molecule has 0 radical (unpaired) electrons. The van der Waals surface area contributed by atoms with E-state index in [0.717, 1.165) is 0 Å². The van der Waals surface area contributed by atoms with Crippen LogP contribution in [0.15, 0.2) is 34.3 Å². The number of benzene rings is 1. The number of carboxylic acid groups (broad SMARTS) is 1. The van der Waals surface area contributed by atoms with Crippen molar-refractivity contribution in [2.75, 3.05) is 12.3 Å². The molecule has 21 heavy (non-hydrogen) atoms. The molecule has 0 bridgehead atoms. The van der Waals surface area contributed by atoms with Gasteiger partial charge in [0, 0.05) is 5.69 Å². The molecule has 0 saturated heterocycles. The van der Waals surface area contributed by atoms with Crippen molar-refractivity contribution in [3.8, 4) is 0 Å². The molecular formula is C12H9F4N3O2. The fourth-order valence-electron chi connectivity index (χ4n) is 1.62. The molecule has 1 aliphatic rings. The highest BCUT2D eigenvalue weighted by Gasteiger charge is 2.66. The van der Waals surface area contributed by atoms with Crippen LogP contribution in [0.4, 0.5) is 23.2 Å². The number of nitrogen functional groups attached to an aromatic ring is 1. The predicted molar refractivity (Wildman–Crippen MR) is 67.2 cm³/mol. The SMILES string of the molecule is Nc1ccc(C2=NC(C(F)(F)C(F)(F)C(=O)O)=NC2)cc1. The number of hydrogen-bond acceptors (Lipinski definition) is 4. The Morgan fingerprint density at radius 1 is 1.19 bits per heavy atom. The average molecular weight is 303 g/mol. The molecule has 0 fully saturated rings. The summed E-state index contributed by atoms with van der Waals surface area (Å²) < 4.78 is 53.1. The number of nitrogens with two attached hydrogens (primary N) is 1. The second kappa shape index (κ2) is 4.83. The van der Waals surface area contributed by atoms with E-state index in [2.05, 4.69) is 9.98 Å². The number of anilines is 1. The number of carboxylic acids is 1. The van der Waals surface area contributed by atoms with Gasteiger partial charge < -0.3 is 10.8 Å². The topological polar surface area (TPSA) is 88.0 Å². The lowest BCUT2D eigenvalue weighted by molar-refractivity contribution is -0.202. The average Bonchev–Trinajstić information content (AvgIpc) is 2.89. The molecule has 0 spiro atoms. The van der Waals surface area contributed by atoms with E-state index in [1.165, 1.54) is 24.3 Å². The second-order valence-electron chi connectivity index (χ2n) is 4.27. The monoisotopic (exact) mass is 303 g/mol. The van der Waals surface area contributed by atoms with Crippen LogP contribution in [0.25, 0.3) is 0 Å². The van der Waals surface area contributed by atoms with Crippen LogP contribution in [0.5, 0.6) is 0 Å². The Labute approximate surface area is 115 Å². The molecule has 0 amide bonds. The highest BCUT2D eigenvalue weighted by molar-refractivity contribution is 6.15. The van der Waals surface area contributed by atoms with Crippen LogP contribution in [-0.2, 0) is 4.79 Å². The van der Waals surface area contributed by atoms with Gasteiger partial charge in [0.2, 0.25) is 5.84 Å². The van der Waals surface area contributed by atoms with E-state index < -0.39 is 23.6 Å². The van der Waals surface area contributed by atoms with Crippen molar-refractivity contribution in [3.63, 3.8) is 0 Å². The summed E-state index contributed by atoms with van der Waals surface area (Å²) in [5.41, 5.74) is 6.31. The number of alkyl halides is 4. The lowest BCUT2D eigenvalue weighted by Gasteiger charge is -2.21. The molecule has 0 unspecified atom stereocenters. The third kappa shape index (κ3) is 2.46. The fraction of sp³-hybridized carbons (Fsp3) is 0.250. The second-order valence-corrected chi connectivity index (χ2v) is 4.27. The van der Waals surface area contributed by atoms with E-state index in [0.29, 0.717) is 11.3 Å². The van der Waals surface area contributed by atoms with E-state index in [4.69, 9.17) is 10.8 Å². The standard InChI is InChI=1S/C12H9F4N3O2/c13-11(14,12(15,16)10(20)21)9-18-5-8(19-9)6-1-3-7(17)4-2-6/h1-4H,5,17H2,(H,20,21). The zero-order chi connectivity index (χ0) is 15.8. The summed E-state index contributed by atoms with van der Waals surface area (Å²) in [5, 5.41) is 8.20.